The molecule has 0 aliphatic carbocycles. The first-order chi connectivity index (χ1) is 16.1. The molecule has 4 rings (SSSR count). The van der Waals surface area contributed by atoms with Crippen LogP contribution in [0.4, 0.5) is 0 Å². The van der Waals surface area contributed by atoms with Crippen LogP contribution in [0.2, 0.25) is 0 Å². The molecule has 2 heterocycles. The van der Waals surface area contributed by atoms with Crippen LogP contribution in [0, 0.1) is 0 Å². The van der Waals surface area contributed by atoms with Gasteiger partial charge in [0, 0.05) is 12.0 Å². The Labute approximate surface area is 194 Å². The number of Topliss-reactive ketones (excluding diaryl/α,β-unsaturated/α-hetero) is 1. The minimum absolute atomic E-state index is 0.00328. The molecule has 2 aromatic carbocycles. The molecule has 0 amide bonds. The summed E-state index contributed by atoms with van der Waals surface area (Å²) >= 11 is 1.32. The third-order valence-electron chi connectivity index (χ3n) is 5.29. The maximum Gasteiger partial charge on any atom is 0.260 e. The standard InChI is InChI=1S/C25H24N2O5S/c1-31-20-4-2-3-16(11-20)9-10-21(29)23-26-24(30)22-19(15-33-25(22)27-23)14-32-13-18-7-5-17(12-28)6-8-18/h2-8,11,15,28H,9-10,12-14H2,1H3,(H,26,27,30). The van der Waals surface area contributed by atoms with Crippen molar-refractivity contribution in [2.75, 3.05) is 7.11 Å². The van der Waals surface area contributed by atoms with E-state index in [-0.39, 0.29) is 36.8 Å². The van der Waals surface area contributed by atoms with E-state index >= 15 is 0 Å². The van der Waals surface area contributed by atoms with Gasteiger partial charge in [-0.05, 0) is 40.6 Å². The number of methoxy groups -OCH3 is 1. The summed E-state index contributed by atoms with van der Waals surface area (Å²) < 4.78 is 11.0. The molecule has 0 saturated heterocycles. The minimum atomic E-state index is -0.336. The van der Waals surface area contributed by atoms with Gasteiger partial charge in [0.25, 0.3) is 5.56 Å². The Bertz CT molecular complexity index is 1310. The minimum Gasteiger partial charge on any atom is -0.497 e. The number of H-pyrrole nitrogens is 1. The number of nitrogens with one attached hydrogen (secondary N) is 1. The molecule has 170 valence electrons. The van der Waals surface area contributed by atoms with Crippen LogP contribution in [0.5, 0.6) is 5.75 Å². The highest BCUT2D eigenvalue weighted by molar-refractivity contribution is 7.16. The van der Waals surface area contributed by atoms with Crippen molar-refractivity contribution >= 4 is 27.3 Å². The number of hydrogen-bond donors (Lipinski definition) is 2. The van der Waals surface area contributed by atoms with Crippen LogP contribution < -0.4 is 10.3 Å². The first-order valence-electron chi connectivity index (χ1n) is 10.5. The summed E-state index contributed by atoms with van der Waals surface area (Å²) in [6, 6.07) is 15.0. The molecule has 0 unspecified atom stereocenters. The Morgan fingerprint density at radius 1 is 1.09 bits per heavy atom. The largest absolute Gasteiger partial charge is 0.497 e. The van der Waals surface area contributed by atoms with Gasteiger partial charge in [0.15, 0.2) is 11.6 Å². The number of fused-ring (bicyclic) bond motifs is 1. The third kappa shape index (κ3) is 5.54. The summed E-state index contributed by atoms with van der Waals surface area (Å²) in [5.41, 5.74) is 3.20. The van der Waals surface area contributed by atoms with Crippen molar-refractivity contribution in [2.45, 2.75) is 32.7 Å². The maximum absolute atomic E-state index is 12.7. The number of carbonyl (C=O) groups is 1. The van der Waals surface area contributed by atoms with Crippen LogP contribution in [0.15, 0.2) is 58.7 Å². The molecule has 0 bridgehead atoms. The number of benzene rings is 2. The highest BCUT2D eigenvalue weighted by atomic mass is 32.1. The van der Waals surface area contributed by atoms with Gasteiger partial charge in [0.2, 0.25) is 0 Å². The molecule has 0 aliphatic rings. The fraction of sp³-hybridized carbons (Fsp3) is 0.240. The Morgan fingerprint density at radius 3 is 2.64 bits per heavy atom. The normalized spacial score (nSPS) is 11.1. The van der Waals surface area contributed by atoms with Crippen molar-refractivity contribution in [2.24, 2.45) is 0 Å². The van der Waals surface area contributed by atoms with E-state index in [2.05, 4.69) is 9.97 Å². The summed E-state index contributed by atoms with van der Waals surface area (Å²) in [4.78, 5) is 32.9. The van der Waals surface area contributed by atoms with Crippen LogP contribution in [-0.4, -0.2) is 28.0 Å². The van der Waals surface area contributed by atoms with Crippen LogP contribution in [-0.2, 0) is 31.0 Å². The van der Waals surface area contributed by atoms with Crippen molar-refractivity contribution in [1.82, 2.24) is 9.97 Å². The fourth-order valence-electron chi connectivity index (χ4n) is 3.47. The number of aliphatic hydroxyl groups excluding tert-OH is 1. The molecule has 0 saturated carbocycles. The third-order valence-corrected chi connectivity index (χ3v) is 6.21. The fourth-order valence-corrected chi connectivity index (χ4v) is 4.39. The van der Waals surface area contributed by atoms with Crippen LogP contribution in [0.25, 0.3) is 10.2 Å². The predicted molar refractivity (Wildman–Crippen MR) is 127 cm³/mol. The average molecular weight is 465 g/mol. The second kappa shape index (κ2) is 10.5. The van der Waals surface area contributed by atoms with Crippen LogP contribution in [0.3, 0.4) is 0 Å². The van der Waals surface area contributed by atoms with Gasteiger partial charge < -0.3 is 19.6 Å². The maximum atomic E-state index is 12.7. The molecule has 0 radical (unpaired) electrons. The summed E-state index contributed by atoms with van der Waals surface area (Å²) in [6.45, 7) is 0.647. The Hall–Kier alpha value is -3.33. The molecule has 0 fully saturated rings. The summed E-state index contributed by atoms with van der Waals surface area (Å²) in [6.07, 6.45) is 0.763. The lowest BCUT2D eigenvalue weighted by Gasteiger charge is -2.05. The number of ether oxygens (including phenoxy) is 2. The number of rotatable bonds is 10. The topological polar surface area (TPSA) is 102 Å². The Kier molecular flexibility index (Phi) is 7.29. The monoisotopic (exact) mass is 464 g/mol. The molecule has 7 nitrogen and oxygen atoms in total. The van der Waals surface area contributed by atoms with Gasteiger partial charge in [-0.25, -0.2) is 4.98 Å². The van der Waals surface area contributed by atoms with Gasteiger partial charge in [-0.1, -0.05) is 36.4 Å². The first kappa shape index (κ1) is 22.8. The van der Waals surface area contributed by atoms with Crippen LogP contribution in [0.1, 0.15) is 39.3 Å². The zero-order chi connectivity index (χ0) is 23.2. The zero-order valence-corrected chi connectivity index (χ0v) is 19.0. The molecule has 0 spiro atoms. The van der Waals surface area contributed by atoms with E-state index in [0.717, 1.165) is 28.0 Å². The Balaban J connectivity index is 1.41. The van der Waals surface area contributed by atoms with E-state index in [1.54, 1.807) is 7.11 Å². The van der Waals surface area contributed by atoms with Gasteiger partial charge in [0.05, 0.1) is 32.3 Å². The number of hydrogen-bond acceptors (Lipinski definition) is 7. The highest BCUT2D eigenvalue weighted by Gasteiger charge is 2.16. The van der Waals surface area contributed by atoms with E-state index in [4.69, 9.17) is 14.6 Å². The molecule has 4 aromatic rings. The predicted octanol–water partition coefficient (Wildman–Crippen LogP) is 4.02. The smallest absolute Gasteiger partial charge is 0.260 e. The van der Waals surface area contributed by atoms with E-state index in [1.165, 1.54) is 11.3 Å². The number of ketones is 1. The Morgan fingerprint density at radius 2 is 1.88 bits per heavy atom. The van der Waals surface area contributed by atoms with Gasteiger partial charge >= 0.3 is 0 Å². The van der Waals surface area contributed by atoms with Crippen molar-refractivity contribution in [1.29, 1.82) is 0 Å². The van der Waals surface area contributed by atoms with Crippen molar-refractivity contribution in [3.8, 4) is 5.75 Å². The van der Waals surface area contributed by atoms with Crippen molar-refractivity contribution < 1.29 is 19.4 Å². The summed E-state index contributed by atoms with van der Waals surface area (Å²) in [5, 5.41) is 11.4. The quantitative estimate of drug-likeness (QED) is 0.344. The van der Waals surface area contributed by atoms with Gasteiger partial charge in [0.1, 0.15) is 10.6 Å². The highest BCUT2D eigenvalue weighted by Crippen LogP contribution is 2.23. The van der Waals surface area contributed by atoms with Crippen molar-refractivity contribution in [3.63, 3.8) is 0 Å². The molecule has 8 heteroatoms. The lowest BCUT2D eigenvalue weighted by Crippen LogP contribution is -2.16. The average Bonchev–Trinajstić information content (AvgIpc) is 3.26. The van der Waals surface area contributed by atoms with Gasteiger partial charge in [-0.2, -0.15) is 0 Å². The van der Waals surface area contributed by atoms with E-state index < -0.39 is 0 Å². The van der Waals surface area contributed by atoms with Crippen molar-refractivity contribution in [3.05, 3.63) is 92.3 Å². The molecule has 0 atom stereocenters. The summed E-state index contributed by atoms with van der Waals surface area (Å²) in [5.74, 6) is 0.603. The number of nitrogens with zero attached hydrogens (tertiary/aromatic N) is 1. The molecule has 33 heavy (non-hydrogen) atoms. The second-order valence-corrected chi connectivity index (χ2v) is 8.46. The molecular weight excluding hydrogens is 440 g/mol. The molecule has 2 aromatic heterocycles. The van der Waals surface area contributed by atoms with Gasteiger partial charge in [-0.15, -0.1) is 11.3 Å². The van der Waals surface area contributed by atoms with E-state index in [9.17, 15) is 9.59 Å². The lowest BCUT2D eigenvalue weighted by molar-refractivity contribution is 0.0973. The molecular formula is C25H24N2O5S. The second-order valence-electron chi connectivity index (χ2n) is 7.60. The first-order valence-corrected chi connectivity index (χ1v) is 11.4. The number of aryl methyl sites for hydroxylation is 1. The molecule has 2 N–H and O–H groups in total. The zero-order valence-electron chi connectivity index (χ0n) is 18.2. The number of thiophene rings is 1. The number of carbonyl (C=O) groups excluding carboxylic acids is 1. The number of aromatic nitrogens is 2. The lowest BCUT2D eigenvalue weighted by atomic mass is 10.1. The van der Waals surface area contributed by atoms with Crippen LogP contribution >= 0.6 is 11.3 Å². The molecule has 0 aliphatic heterocycles. The van der Waals surface area contributed by atoms with E-state index in [1.807, 2.05) is 53.9 Å². The SMILES string of the molecule is COc1cccc(CCC(=O)c2nc3scc(COCc4ccc(CO)cc4)c3c(=O)[nH]2)c1. The van der Waals surface area contributed by atoms with Gasteiger partial charge in [-0.3, -0.25) is 9.59 Å². The number of aromatic amines is 1. The summed E-state index contributed by atoms with van der Waals surface area (Å²) in [7, 11) is 1.60. The van der Waals surface area contributed by atoms with E-state index in [0.29, 0.717) is 23.2 Å². The number of aliphatic hydroxyl groups is 1.